The standard InChI is InChI=1S/C42H35FN6/c1-20-9-24(5)29-19-34(37-25(6)10-21(2)14-31(37)30(29)13-20)40-44-35-17-28(43)18-36-45-41(47-42(46-40)48(35)36)49-38-26(7)11-22(3)15-32(38)33-16-23(4)12-27(8)39(33)49/h9-19H,1-8H3. The number of halogens is 1. The van der Waals surface area contributed by atoms with Crippen LogP contribution in [0.1, 0.15) is 50.1 Å². The average Bonchev–Trinajstić information content (AvgIpc) is 3.35. The lowest BCUT2D eigenvalue weighted by atomic mass is 9.90. The Hall–Kier alpha value is -5.69. The monoisotopic (exact) mass is 642 g/mol. The summed E-state index contributed by atoms with van der Waals surface area (Å²) >= 11 is 0. The molecule has 3 aliphatic rings. The Morgan fingerprint density at radius 1 is 0.490 bits per heavy atom. The van der Waals surface area contributed by atoms with E-state index < -0.39 is 5.83 Å². The van der Waals surface area contributed by atoms with Crippen LogP contribution < -0.4 is 0 Å². The van der Waals surface area contributed by atoms with E-state index in [0.29, 0.717) is 29.4 Å². The number of benzene rings is 5. The van der Waals surface area contributed by atoms with Crippen molar-refractivity contribution in [2.24, 2.45) is 20.0 Å². The van der Waals surface area contributed by atoms with E-state index in [2.05, 4.69) is 115 Å². The van der Waals surface area contributed by atoms with Gasteiger partial charge in [-0.2, -0.15) is 15.0 Å². The zero-order chi connectivity index (χ0) is 34.0. The minimum atomic E-state index is -0.419. The van der Waals surface area contributed by atoms with Gasteiger partial charge in [0, 0.05) is 28.5 Å². The fraction of sp³-hybridized carbons (Fsp3) is 0.190. The average molecular weight is 643 g/mol. The second-order valence-electron chi connectivity index (χ2n) is 14.0. The SMILES string of the molecule is Cc1cc(C)c2cc(C3=NC4=NC(n5c6c(C)cc(C)cc6c6cc(C)cc(C)c65)=NC5=CC(F)=CC(=N3)N54)c3c(C)cc(C)cc3c2c1. The predicted octanol–water partition coefficient (Wildman–Crippen LogP) is 10.0. The summed E-state index contributed by atoms with van der Waals surface area (Å²) in [5, 5.41) is 6.87. The van der Waals surface area contributed by atoms with Crippen molar-refractivity contribution in [1.82, 2.24) is 9.47 Å². The van der Waals surface area contributed by atoms with Gasteiger partial charge in [-0.1, -0.05) is 58.7 Å². The van der Waals surface area contributed by atoms with Crippen molar-refractivity contribution >= 4 is 66.9 Å². The summed E-state index contributed by atoms with van der Waals surface area (Å²) in [4.78, 5) is 22.0. The van der Waals surface area contributed by atoms with E-state index in [1.165, 1.54) is 45.4 Å². The lowest BCUT2D eigenvalue weighted by Crippen LogP contribution is -2.42. The molecule has 0 spiro atoms. The lowest BCUT2D eigenvalue weighted by Gasteiger charge is -2.32. The summed E-state index contributed by atoms with van der Waals surface area (Å²) in [5.74, 6) is 1.72. The molecule has 0 fully saturated rings. The molecule has 5 aromatic carbocycles. The van der Waals surface area contributed by atoms with E-state index in [1.54, 1.807) is 4.90 Å². The Bertz CT molecular complexity index is 2680. The minimum Gasteiger partial charge on any atom is -0.277 e. The molecule has 0 unspecified atom stereocenters. The minimum absolute atomic E-state index is 0.396. The third-order valence-corrected chi connectivity index (χ3v) is 9.96. The van der Waals surface area contributed by atoms with Crippen LogP contribution in [0.25, 0.3) is 43.4 Å². The van der Waals surface area contributed by atoms with Crippen LogP contribution in [-0.2, 0) is 0 Å². The van der Waals surface area contributed by atoms with Gasteiger partial charge in [0.2, 0.25) is 11.9 Å². The molecule has 0 radical (unpaired) electrons. The molecular weight excluding hydrogens is 608 g/mol. The number of aliphatic imine (C=N–C) groups is 4. The predicted molar refractivity (Wildman–Crippen MR) is 202 cm³/mol. The van der Waals surface area contributed by atoms with Crippen LogP contribution in [0, 0.1) is 55.4 Å². The maximum absolute atomic E-state index is 15.4. The summed E-state index contributed by atoms with van der Waals surface area (Å²) in [6.07, 6.45) is 2.86. The molecule has 0 saturated carbocycles. The third-order valence-electron chi connectivity index (χ3n) is 9.96. The van der Waals surface area contributed by atoms with E-state index in [0.717, 1.165) is 60.2 Å². The number of hydrogen-bond acceptors (Lipinski definition) is 5. The summed E-state index contributed by atoms with van der Waals surface area (Å²) in [5.41, 5.74) is 12.3. The number of nitrogens with zero attached hydrogens (tertiary/aromatic N) is 6. The van der Waals surface area contributed by atoms with Crippen molar-refractivity contribution in [3.8, 4) is 0 Å². The summed E-state index contributed by atoms with van der Waals surface area (Å²) < 4.78 is 17.6. The smallest absolute Gasteiger partial charge is 0.242 e. The first-order chi connectivity index (χ1) is 23.4. The van der Waals surface area contributed by atoms with Crippen molar-refractivity contribution < 1.29 is 4.39 Å². The topological polar surface area (TPSA) is 57.6 Å². The van der Waals surface area contributed by atoms with Gasteiger partial charge in [0.1, 0.15) is 17.5 Å². The maximum atomic E-state index is 15.4. The molecule has 6 nitrogen and oxygen atoms in total. The second-order valence-corrected chi connectivity index (χ2v) is 14.0. The number of hydrogen-bond donors (Lipinski definition) is 0. The maximum Gasteiger partial charge on any atom is 0.242 e. The number of rotatable bonds is 1. The van der Waals surface area contributed by atoms with Crippen LogP contribution in [-0.4, -0.2) is 33.1 Å². The van der Waals surface area contributed by atoms with Crippen molar-refractivity contribution in [1.29, 1.82) is 0 Å². The fourth-order valence-electron chi connectivity index (χ4n) is 8.25. The summed E-state index contributed by atoms with van der Waals surface area (Å²) in [6, 6.07) is 19.9. The Balaban J connectivity index is 1.35. The number of guanidine groups is 1. The van der Waals surface area contributed by atoms with Gasteiger partial charge in [-0.25, -0.2) is 14.3 Å². The highest BCUT2D eigenvalue weighted by Gasteiger charge is 2.34. The van der Waals surface area contributed by atoms with Gasteiger partial charge in [-0.05, 0) is 117 Å². The highest BCUT2D eigenvalue weighted by Crippen LogP contribution is 2.38. The van der Waals surface area contributed by atoms with E-state index in [-0.39, 0.29) is 0 Å². The third kappa shape index (κ3) is 4.31. The molecular formula is C42H35FN6. The quantitative estimate of drug-likeness (QED) is 0.165. The molecule has 49 heavy (non-hydrogen) atoms. The van der Waals surface area contributed by atoms with Gasteiger partial charge < -0.3 is 0 Å². The number of aromatic nitrogens is 1. The molecule has 3 aliphatic heterocycles. The molecule has 7 heteroatoms. The molecule has 0 saturated heterocycles. The van der Waals surface area contributed by atoms with Gasteiger partial charge >= 0.3 is 0 Å². The molecule has 0 aliphatic carbocycles. The van der Waals surface area contributed by atoms with Crippen molar-refractivity contribution in [2.45, 2.75) is 55.4 Å². The van der Waals surface area contributed by atoms with Crippen molar-refractivity contribution in [3.63, 3.8) is 0 Å². The van der Waals surface area contributed by atoms with Crippen LogP contribution in [0.3, 0.4) is 0 Å². The molecule has 1 aromatic heterocycles. The van der Waals surface area contributed by atoms with Gasteiger partial charge in [0.25, 0.3) is 0 Å². The van der Waals surface area contributed by atoms with Crippen LogP contribution in [0.4, 0.5) is 4.39 Å². The van der Waals surface area contributed by atoms with Crippen LogP contribution in [0.15, 0.2) is 98.4 Å². The Morgan fingerprint density at radius 2 is 1.06 bits per heavy atom. The van der Waals surface area contributed by atoms with Gasteiger partial charge in [0.15, 0.2) is 5.84 Å². The summed E-state index contributed by atoms with van der Waals surface area (Å²) in [7, 11) is 0. The number of amidine groups is 2. The van der Waals surface area contributed by atoms with Gasteiger partial charge in [0.05, 0.1) is 11.0 Å². The zero-order valence-corrected chi connectivity index (χ0v) is 28.9. The first kappa shape index (κ1) is 29.4. The Labute approximate surface area is 284 Å². The Morgan fingerprint density at radius 3 is 1.71 bits per heavy atom. The number of fused-ring (bicyclic) bond motifs is 6. The first-order valence-electron chi connectivity index (χ1n) is 16.7. The van der Waals surface area contributed by atoms with Gasteiger partial charge in [-0.15, -0.1) is 0 Å². The molecule has 9 rings (SSSR count). The van der Waals surface area contributed by atoms with E-state index in [4.69, 9.17) is 20.0 Å². The van der Waals surface area contributed by atoms with Crippen LogP contribution in [0.2, 0.25) is 0 Å². The van der Waals surface area contributed by atoms with E-state index in [1.807, 2.05) is 0 Å². The largest absolute Gasteiger partial charge is 0.277 e. The number of allylic oxidation sites excluding steroid dienone is 2. The van der Waals surface area contributed by atoms with E-state index >= 15 is 4.39 Å². The van der Waals surface area contributed by atoms with E-state index in [9.17, 15) is 0 Å². The normalized spacial score (nSPS) is 15.7. The zero-order valence-electron chi connectivity index (χ0n) is 28.9. The highest BCUT2D eigenvalue weighted by atomic mass is 19.1. The van der Waals surface area contributed by atoms with Gasteiger partial charge in [-0.3, -0.25) is 4.57 Å². The second kappa shape index (κ2) is 10.2. The van der Waals surface area contributed by atoms with Crippen LogP contribution in [0.5, 0.6) is 0 Å². The molecule has 0 bridgehead atoms. The van der Waals surface area contributed by atoms with Crippen molar-refractivity contribution in [2.75, 3.05) is 0 Å². The number of aryl methyl sites for hydroxylation is 8. The molecule has 240 valence electrons. The lowest BCUT2D eigenvalue weighted by molar-refractivity contribution is 0.630. The first-order valence-corrected chi connectivity index (χ1v) is 16.7. The van der Waals surface area contributed by atoms with Crippen LogP contribution >= 0.6 is 0 Å². The highest BCUT2D eigenvalue weighted by molar-refractivity contribution is 6.29. The summed E-state index contributed by atoms with van der Waals surface area (Å²) in [6.45, 7) is 17.0. The van der Waals surface area contributed by atoms with Crippen molar-refractivity contribution in [3.05, 3.63) is 128 Å². The molecule has 0 N–H and O–H groups in total. The molecule has 0 amide bonds. The fourth-order valence-corrected chi connectivity index (χ4v) is 8.25. The molecule has 4 heterocycles. The Kier molecular flexibility index (Phi) is 6.10. The molecule has 6 aromatic rings. The molecule has 0 atom stereocenters.